The smallest absolute Gasteiger partial charge is 0.178 e. The Hall–Kier alpha value is -2.00. The van der Waals surface area contributed by atoms with Gasteiger partial charge >= 0.3 is 0 Å². The van der Waals surface area contributed by atoms with Crippen molar-refractivity contribution in [3.05, 3.63) is 64.6 Å². The van der Waals surface area contributed by atoms with Crippen molar-refractivity contribution >= 4 is 27.9 Å². The number of nitrogens with zero attached hydrogens (tertiary/aromatic N) is 1. The van der Waals surface area contributed by atoms with Gasteiger partial charge in [-0.15, -0.1) is 11.3 Å². The molecule has 0 fully saturated rings. The Labute approximate surface area is 109 Å². The fourth-order valence-electron chi connectivity index (χ4n) is 2.06. The van der Waals surface area contributed by atoms with E-state index in [-0.39, 0.29) is 5.78 Å². The van der Waals surface area contributed by atoms with Crippen molar-refractivity contribution in [2.75, 3.05) is 0 Å². The maximum absolute atomic E-state index is 12.1. The van der Waals surface area contributed by atoms with Crippen LogP contribution in [-0.4, -0.2) is 10.8 Å². The molecule has 0 saturated carbocycles. The molecule has 0 saturated heterocycles. The number of Topliss-reactive ketones (excluding diaryl/α,β-unsaturated/α-hetero) is 1. The SMILES string of the molecule is O=C(Cc1cccc2ccccc12)c1cncs1. The van der Waals surface area contributed by atoms with Crippen LogP contribution in [0.3, 0.4) is 0 Å². The van der Waals surface area contributed by atoms with Crippen LogP contribution in [0.25, 0.3) is 10.8 Å². The summed E-state index contributed by atoms with van der Waals surface area (Å²) < 4.78 is 0. The van der Waals surface area contributed by atoms with Crippen molar-refractivity contribution in [1.29, 1.82) is 0 Å². The minimum atomic E-state index is 0.133. The van der Waals surface area contributed by atoms with Gasteiger partial charge < -0.3 is 0 Å². The largest absolute Gasteiger partial charge is 0.293 e. The predicted octanol–water partition coefficient (Wildman–Crippen LogP) is 3.72. The number of carbonyl (C=O) groups is 1. The molecule has 0 spiro atoms. The Morgan fingerprint density at radius 3 is 2.78 bits per heavy atom. The summed E-state index contributed by atoms with van der Waals surface area (Å²) in [7, 11) is 0. The number of rotatable bonds is 3. The minimum Gasteiger partial charge on any atom is -0.293 e. The van der Waals surface area contributed by atoms with Crippen molar-refractivity contribution in [3.63, 3.8) is 0 Å². The van der Waals surface area contributed by atoms with Gasteiger partial charge in [-0.1, -0.05) is 42.5 Å². The summed E-state index contributed by atoms with van der Waals surface area (Å²) in [6.07, 6.45) is 2.07. The number of hydrogen-bond acceptors (Lipinski definition) is 3. The van der Waals surface area contributed by atoms with Gasteiger partial charge in [-0.2, -0.15) is 0 Å². The average Bonchev–Trinajstić information content (AvgIpc) is 2.93. The highest BCUT2D eigenvalue weighted by Crippen LogP contribution is 2.20. The Morgan fingerprint density at radius 1 is 1.11 bits per heavy atom. The molecule has 3 heteroatoms. The molecule has 0 aliphatic carbocycles. The first kappa shape index (κ1) is 11.1. The molecule has 0 N–H and O–H groups in total. The monoisotopic (exact) mass is 253 g/mol. The van der Waals surface area contributed by atoms with Gasteiger partial charge in [-0.05, 0) is 16.3 Å². The summed E-state index contributed by atoms with van der Waals surface area (Å²) in [6.45, 7) is 0. The molecule has 2 aromatic carbocycles. The molecule has 0 atom stereocenters. The molecule has 0 aliphatic rings. The lowest BCUT2D eigenvalue weighted by Crippen LogP contribution is -2.01. The number of benzene rings is 2. The zero-order chi connectivity index (χ0) is 12.4. The van der Waals surface area contributed by atoms with Crippen LogP contribution in [0.2, 0.25) is 0 Å². The van der Waals surface area contributed by atoms with E-state index in [1.54, 1.807) is 11.7 Å². The van der Waals surface area contributed by atoms with Gasteiger partial charge in [-0.25, -0.2) is 0 Å². The second kappa shape index (κ2) is 4.70. The number of ketones is 1. The first-order valence-corrected chi connectivity index (χ1v) is 6.61. The molecule has 3 rings (SSSR count). The van der Waals surface area contributed by atoms with Crippen LogP contribution in [-0.2, 0) is 6.42 Å². The summed E-state index contributed by atoms with van der Waals surface area (Å²) in [6, 6.07) is 14.2. The highest BCUT2D eigenvalue weighted by molar-refractivity contribution is 7.11. The molecule has 1 heterocycles. The van der Waals surface area contributed by atoms with E-state index in [9.17, 15) is 4.79 Å². The summed E-state index contributed by atoms with van der Waals surface area (Å²) in [4.78, 5) is 16.8. The summed E-state index contributed by atoms with van der Waals surface area (Å²) in [5.74, 6) is 0.133. The van der Waals surface area contributed by atoms with Crippen LogP contribution < -0.4 is 0 Å². The van der Waals surface area contributed by atoms with Gasteiger partial charge in [-0.3, -0.25) is 9.78 Å². The lowest BCUT2D eigenvalue weighted by molar-refractivity contribution is 0.0997. The number of hydrogen-bond donors (Lipinski definition) is 0. The molecule has 0 radical (unpaired) electrons. The van der Waals surface area contributed by atoms with E-state index in [2.05, 4.69) is 23.2 Å². The van der Waals surface area contributed by atoms with E-state index < -0.39 is 0 Å². The third kappa shape index (κ3) is 2.05. The maximum Gasteiger partial charge on any atom is 0.178 e. The van der Waals surface area contributed by atoms with E-state index in [4.69, 9.17) is 0 Å². The molecule has 18 heavy (non-hydrogen) atoms. The summed E-state index contributed by atoms with van der Waals surface area (Å²) >= 11 is 1.40. The third-order valence-corrected chi connectivity index (χ3v) is 3.75. The lowest BCUT2D eigenvalue weighted by atomic mass is 10.0. The summed E-state index contributed by atoms with van der Waals surface area (Å²) in [5, 5.41) is 2.32. The van der Waals surface area contributed by atoms with Crippen molar-refractivity contribution < 1.29 is 4.79 Å². The second-order valence-corrected chi connectivity index (χ2v) is 4.99. The minimum absolute atomic E-state index is 0.133. The molecule has 0 unspecified atom stereocenters. The van der Waals surface area contributed by atoms with Gasteiger partial charge in [0.1, 0.15) is 0 Å². The molecule has 2 nitrogen and oxygen atoms in total. The van der Waals surface area contributed by atoms with Gasteiger partial charge in [0.2, 0.25) is 0 Å². The topological polar surface area (TPSA) is 30.0 Å². The number of carbonyl (C=O) groups excluding carboxylic acids is 1. The zero-order valence-corrected chi connectivity index (χ0v) is 10.5. The molecule has 0 aliphatic heterocycles. The van der Waals surface area contributed by atoms with Crippen molar-refractivity contribution in [3.8, 4) is 0 Å². The molecule has 0 bridgehead atoms. The molecular formula is C15H11NOS. The molecule has 0 amide bonds. The van der Waals surface area contributed by atoms with Gasteiger partial charge in [0.05, 0.1) is 10.4 Å². The van der Waals surface area contributed by atoms with E-state index in [1.165, 1.54) is 16.7 Å². The van der Waals surface area contributed by atoms with Crippen LogP contribution in [0, 0.1) is 0 Å². The first-order chi connectivity index (χ1) is 8.84. The van der Waals surface area contributed by atoms with E-state index in [0.717, 1.165) is 15.8 Å². The van der Waals surface area contributed by atoms with Crippen molar-refractivity contribution in [1.82, 2.24) is 4.98 Å². The van der Waals surface area contributed by atoms with E-state index >= 15 is 0 Å². The van der Waals surface area contributed by atoms with E-state index in [1.807, 2.05) is 24.3 Å². The quantitative estimate of drug-likeness (QED) is 0.666. The average molecular weight is 253 g/mol. The maximum atomic E-state index is 12.1. The fourth-order valence-corrected chi connectivity index (χ4v) is 2.62. The highest BCUT2D eigenvalue weighted by Gasteiger charge is 2.10. The van der Waals surface area contributed by atoms with Gasteiger partial charge in [0.25, 0.3) is 0 Å². The second-order valence-electron chi connectivity index (χ2n) is 4.10. The zero-order valence-electron chi connectivity index (χ0n) is 9.67. The Bertz CT molecular complexity index is 683. The van der Waals surface area contributed by atoms with Crippen LogP contribution in [0.1, 0.15) is 15.2 Å². The van der Waals surface area contributed by atoms with Gasteiger partial charge in [0, 0.05) is 12.6 Å². The Morgan fingerprint density at radius 2 is 1.94 bits per heavy atom. The van der Waals surface area contributed by atoms with Gasteiger partial charge in [0.15, 0.2) is 5.78 Å². The number of fused-ring (bicyclic) bond motifs is 1. The molecule has 1 aromatic heterocycles. The fraction of sp³-hybridized carbons (Fsp3) is 0.0667. The highest BCUT2D eigenvalue weighted by atomic mass is 32.1. The lowest BCUT2D eigenvalue weighted by Gasteiger charge is -2.04. The van der Waals surface area contributed by atoms with Crippen LogP contribution in [0.5, 0.6) is 0 Å². The van der Waals surface area contributed by atoms with E-state index in [0.29, 0.717) is 6.42 Å². The predicted molar refractivity (Wildman–Crippen MR) is 74.1 cm³/mol. The normalized spacial score (nSPS) is 10.7. The Kier molecular flexibility index (Phi) is 2.90. The standard InChI is InChI=1S/C15H11NOS/c17-14(15-9-16-10-18-15)8-12-6-3-5-11-4-1-2-7-13(11)12/h1-7,9-10H,8H2. The first-order valence-electron chi connectivity index (χ1n) is 5.73. The molecule has 3 aromatic rings. The van der Waals surface area contributed by atoms with Crippen LogP contribution >= 0.6 is 11.3 Å². The molecule has 88 valence electrons. The van der Waals surface area contributed by atoms with Crippen molar-refractivity contribution in [2.45, 2.75) is 6.42 Å². The van der Waals surface area contributed by atoms with Crippen LogP contribution in [0.15, 0.2) is 54.2 Å². The van der Waals surface area contributed by atoms with Crippen LogP contribution in [0.4, 0.5) is 0 Å². The number of thiazole rings is 1. The molecular weight excluding hydrogens is 242 g/mol. The Balaban J connectivity index is 1.98. The van der Waals surface area contributed by atoms with Crippen molar-refractivity contribution in [2.24, 2.45) is 0 Å². The number of aromatic nitrogens is 1. The third-order valence-electron chi connectivity index (χ3n) is 2.94. The summed E-state index contributed by atoms with van der Waals surface area (Å²) in [5.41, 5.74) is 2.77.